The molecule has 0 aliphatic carbocycles. The second kappa shape index (κ2) is 9.17. The molecule has 0 fully saturated rings. The molecule has 0 amide bonds. The number of quaternary nitrogens is 2. The molecule has 0 aliphatic heterocycles. The van der Waals surface area contributed by atoms with Gasteiger partial charge in [0.2, 0.25) is 0 Å². The highest BCUT2D eigenvalue weighted by Gasteiger charge is 2.10. The summed E-state index contributed by atoms with van der Waals surface area (Å²) in [7, 11) is 13.1. The summed E-state index contributed by atoms with van der Waals surface area (Å²) in [6, 6.07) is 0.736. The first kappa shape index (κ1) is 24.2. The van der Waals surface area contributed by atoms with Crippen molar-refractivity contribution in [2.75, 3.05) is 48.8 Å². The van der Waals surface area contributed by atoms with E-state index >= 15 is 0 Å². The Labute approximate surface area is 100 Å². The van der Waals surface area contributed by atoms with Gasteiger partial charge in [-0.1, -0.05) is 14.9 Å². The first-order chi connectivity index (χ1) is 5.50. The van der Waals surface area contributed by atoms with Crippen LogP contribution in [0.25, 0.3) is 0 Å². The predicted molar refractivity (Wildman–Crippen MR) is 75.2 cm³/mol. The molecular formula is C13H38N2+2. The molecule has 0 bridgehead atoms. The van der Waals surface area contributed by atoms with Gasteiger partial charge in [-0.15, -0.1) is 0 Å². The topological polar surface area (TPSA) is 0 Å². The molecule has 0 aromatic carbocycles. The van der Waals surface area contributed by atoms with Gasteiger partial charge >= 0.3 is 0 Å². The fourth-order valence-corrected chi connectivity index (χ4v) is 0. The number of nitrogens with zero attached hydrogens (tertiary/aromatic N) is 2. The normalized spacial score (nSPS) is 10.8. The smallest absolute Gasteiger partial charge is 0.0827 e. The number of rotatable bonds is 2. The van der Waals surface area contributed by atoms with Gasteiger partial charge in [0, 0.05) is 0 Å². The Morgan fingerprint density at radius 2 is 0.933 bits per heavy atom. The monoisotopic (exact) mass is 222 g/mol. The second-order valence-corrected chi connectivity index (χ2v) is 5.82. The fraction of sp³-hybridized carbons (Fsp3) is 1.00. The van der Waals surface area contributed by atoms with Crippen molar-refractivity contribution in [2.24, 2.45) is 0 Å². The lowest BCUT2D eigenvalue weighted by atomic mass is 10.3. The molecule has 0 unspecified atom stereocenters. The quantitative estimate of drug-likeness (QED) is 0.630. The van der Waals surface area contributed by atoms with Crippen LogP contribution >= 0.6 is 0 Å². The first-order valence-electron chi connectivity index (χ1n) is 5.12. The van der Waals surface area contributed by atoms with Gasteiger partial charge in [0.1, 0.15) is 0 Å². The van der Waals surface area contributed by atoms with Crippen molar-refractivity contribution in [1.29, 1.82) is 0 Å². The lowest BCUT2D eigenvalue weighted by Gasteiger charge is -2.28. The zero-order valence-electron chi connectivity index (χ0n) is 11.2. The molecule has 0 saturated heterocycles. The highest BCUT2D eigenvalue weighted by molar-refractivity contribution is 4.31. The molecular weight excluding hydrogens is 184 g/mol. The molecule has 2 heteroatoms. The Bertz CT molecular complexity index is 115. The minimum absolute atomic E-state index is 0. The average Bonchev–Trinajstić information content (AvgIpc) is 1.85. The van der Waals surface area contributed by atoms with Crippen LogP contribution in [0.3, 0.4) is 0 Å². The highest BCUT2D eigenvalue weighted by Crippen LogP contribution is 1.97. The van der Waals surface area contributed by atoms with Crippen molar-refractivity contribution in [3.63, 3.8) is 0 Å². The Morgan fingerprint density at radius 1 is 0.800 bits per heavy atom. The van der Waals surface area contributed by atoms with Gasteiger partial charge in [0.15, 0.2) is 0 Å². The van der Waals surface area contributed by atoms with Crippen molar-refractivity contribution in [3.05, 3.63) is 0 Å². The Kier molecular flexibility index (Phi) is 14.8. The summed E-state index contributed by atoms with van der Waals surface area (Å²) in [6.45, 7) is 7.83. The second-order valence-electron chi connectivity index (χ2n) is 5.82. The molecule has 2 nitrogen and oxygen atoms in total. The maximum Gasteiger partial charge on any atom is 0.0827 e. The SMILES string of the molecule is C.C.CC(C)[N+](C)(C)C.CC[N+](C)(C)C. The third-order valence-corrected chi connectivity index (χ3v) is 2.50. The van der Waals surface area contributed by atoms with Gasteiger partial charge in [-0.2, -0.15) is 0 Å². The minimum Gasteiger partial charge on any atom is -0.331 e. The van der Waals surface area contributed by atoms with E-state index in [1.54, 1.807) is 0 Å². The van der Waals surface area contributed by atoms with E-state index in [2.05, 4.69) is 63.1 Å². The molecule has 0 aliphatic rings. The lowest BCUT2D eigenvalue weighted by Crippen LogP contribution is -2.41. The summed E-state index contributed by atoms with van der Waals surface area (Å²) in [5, 5.41) is 0. The molecule has 0 aromatic heterocycles. The summed E-state index contributed by atoms with van der Waals surface area (Å²) >= 11 is 0. The predicted octanol–water partition coefficient (Wildman–Crippen LogP) is 3.09. The zero-order valence-corrected chi connectivity index (χ0v) is 11.2. The standard InChI is InChI=1S/C6H16N.C5H14N.2CH4/c1-6(2)7(3,4)5;1-5-6(2,3)4;;/h6H,1-5H3;5H2,1-4H3;2*1H4/q2*+1;;. The summed E-state index contributed by atoms with van der Waals surface area (Å²) in [4.78, 5) is 0. The molecule has 0 atom stereocenters. The Hall–Kier alpha value is -0.0800. The first-order valence-corrected chi connectivity index (χ1v) is 5.12. The van der Waals surface area contributed by atoms with Crippen molar-refractivity contribution in [3.8, 4) is 0 Å². The molecule has 0 saturated carbocycles. The lowest BCUT2D eigenvalue weighted by molar-refractivity contribution is -0.891. The molecule has 15 heavy (non-hydrogen) atoms. The van der Waals surface area contributed by atoms with Crippen molar-refractivity contribution in [1.82, 2.24) is 0 Å². The molecule has 0 spiro atoms. The van der Waals surface area contributed by atoms with Crippen LogP contribution in [0.15, 0.2) is 0 Å². The summed E-state index contributed by atoms with van der Waals surface area (Å²) in [5.74, 6) is 0. The average molecular weight is 222 g/mol. The van der Waals surface area contributed by atoms with Gasteiger partial charge < -0.3 is 8.97 Å². The van der Waals surface area contributed by atoms with E-state index in [0.29, 0.717) is 0 Å². The van der Waals surface area contributed by atoms with Crippen LogP contribution in [0.4, 0.5) is 0 Å². The van der Waals surface area contributed by atoms with Gasteiger partial charge in [-0.3, -0.25) is 0 Å². The molecule has 98 valence electrons. The summed E-state index contributed by atoms with van der Waals surface area (Å²) in [5.41, 5.74) is 0. The van der Waals surface area contributed by atoms with Crippen LogP contribution in [0.2, 0.25) is 0 Å². The van der Waals surface area contributed by atoms with Crippen molar-refractivity contribution < 1.29 is 8.97 Å². The largest absolute Gasteiger partial charge is 0.331 e. The van der Waals surface area contributed by atoms with E-state index in [4.69, 9.17) is 0 Å². The van der Waals surface area contributed by atoms with Gasteiger partial charge in [-0.05, 0) is 20.8 Å². The van der Waals surface area contributed by atoms with Crippen LogP contribution in [-0.2, 0) is 0 Å². The van der Waals surface area contributed by atoms with Crippen LogP contribution in [-0.4, -0.2) is 63.8 Å². The maximum absolute atomic E-state index is 2.22. The zero-order chi connectivity index (χ0) is 11.3. The third-order valence-electron chi connectivity index (χ3n) is 2.50. The summed E-state index contributed by atoms with van der Waals surface area (Å²) < 4.78 is 2.12. The maximum atomic E-state index is 2.22. The molecule has 0 N–H and O–H groups in total. The fourth-order valence-electron chi connectivity index (χ4n) is 0. The molecule has 0 heterocycles. The van der Waals surface area contributed by atoms with E-state index < -0.39 is 0 Å². The van der Waals surface area contributed by atoms with Crippen molar-refractivity contribution >= 4 is 0 Å². The van der Waals surface area contributed by atoms with E-state index in [0.717, 1.165) is 15.0 Å². The van der Waals surface area contributed by atoms with E-state index in [1.165, 1.54) is 6.54 Å². The highest BCUT2D eigenvalue weighted by atomic mass is 15.3. The number of hydrogen-bond donors (Lipinski definition) is 0. The minimum atomic E-state index is 0. The Morgan fingerprint density at radius 3 is 0.933 bits per heavy atom. The molecule has 0 rings (SSSR count). The van der Waals surface area contributed by atoms with Gasteiger partial charge in [0.05, 0.1) is 54.9 Å². The van der Waals surface area contributed by atoms with Crippen molar-refractivity contribution in [2.45, 2.75) is 41.7 Å². The summed E-state index contributed by atoms with van der Waals surface area (Å²) in [6.07, 6.45) is 0. The molecule has 0 radical (unpaired) electrons. The Balaban J connectivity index is -0.0000000718. The third kappa shape index (κ3) is 24.9. The van der Waals surface area contributed by atoms with Crippen LogP contribution in [0.1, 0.15) is 35.6 Å². The van der Waals surface area contributed by atoms with E-state index in [-0.39, 0.29) is 14.9 Å². The van der Waals surface area contributed by atoms with Crippen LogP contribution in [0.5, 0.6) is 0 Å². The van der Waals surface area contributed by atoms with E-state index in [1.807, 2.05) is 0 Å². The molecule has 0 aromatic rings. The van der Waals surface area contributed by atoms with Gasteiger partial charge in [-0.25, -0.2) is 0 Å². The van der Waals surface area contributed by atoms with Crippen LogP contribution < -0.4 is 0 Å². The van der Waals surface area contributed by atoms with Crippen LogP contribution in [0, 0.1) is 0 Å². The van der Waals surface area contributed by atoms with Gasteiger partial charge in [0.25, 0.3) is 0 Å². The van der Waals surface area contributed by atoms with E-state index in [9.17, 15) is 0 Å². The number of hydrogen-bond acceptors (Lipinski definition) is 0.